The molecule has 0 saturated heterocycles. The van der Waals surface area contributed by atoms with E-state index in [2.05, 4.69) is 10.3 Å². The van der Waals surface area contributed by atoms with Crippen LogP contribution in [-0.4, -0.2) is 24.6 Å². The van der Waals surface area contributed by atoms with Crippen LogP contribution in [0, 0.1) is 12.7 Å². The second-order valence-corrected chi connectivity index (χ2v) is 7.65. The molecule has 1 N–H and O–H groups in total. The molecule has 0 atom stereocenters. The standard InChI is InChI=1S/C22H28FN5O3/c1-4-6-10-26-14-24-20-19(26)21(30)28(22(31)27(20)11-7-5-2)13-18(29)25-16-9-8-15(3)17(23)12-16/h8-9,12,14H,4-7,10-11,13H2,1-3H3,(H,25,29). The Morgan fingerprint density at radius 3 is 2.48 bits per heavy atom. The summed E-state index contributed by atoms with van der Waals surface area (Å²) in [5.74, 6) is -1.03. The molecule has 0 aliphatic carbocycles. The molecular weight excluding hydrogens is 401 g/mol. The van der Waals surface area contributed by atoms with E-state index in [1.165, 1.54) is 10.6 Å². The monoisotopic (exact) mass is 429 g/mol. The van der Waals surface area contributed by atoms with Gasteiger partial charge in [0.25, 0.3) is 5.56 Å². The molecule has 3 aromatic rings. The van der Waals surface area contributed by atoms with Crippen LogP contribution in [0.3, 0.4) is 0 Å². The van der Waals surface area contributed by atoms with Crippen LogP contribution in [0.5, 0.6) is 0 Å². The maximum Gasteiger partial charge on any atom is 0.333 e. The van der Waals surface area contributed by atoms with Crippen LogP contribution in [0.15, 0.2) is 34.1 Å². The van der Waals surface area contributed by atoms with Gasteiger partial charge in [0.2, 0.25) is 5.91 Å². The molecule has 2 heterocycles. The quantitative estimate of drug-likeness (QED) is 0.566. The number of benzene rings is 1. The van der Waals surface area contributed by atoms with Crippen molar-refractivity contribution in [3.05, 3.63) is 56.7 Å². The normalized spacial score (nSPS) is 11.2. The molecule has 9 heteroatoms. The molecule has 3 rings (SSSR count). The fraction of sp³-hybridized carbons (Fsp3) is 0.455. The molecule has 2 aromatic heterocycles. The van der Waals surface area contributed by atoms with Crippen LogP contribution < -0.4 is 16.6 Å². The zero-order chi connectivity index (χ0) is 22.5. The number of aromatic nitrogens is 4. The van der Waals surface area contributed by atoms with Crippen molar-refractivity contribution in [2.45, 2.75) is 66.1 Å². The van der Waals surface area contributed by atoms with Crippen molar-refractivity contribution in [1.82, 2.24) is 18.7 Å². The summed E-state index contributed by atoms with van der Waals surface area (Å²) in [6.45, 7) is 6.22. The van der Waals surface area contributed by atoms with E-state index < -0.39 is 29.5 Å². The molecule has 8 nitrogen and oxygen atoms in total. The minimum absolute atomic E-state index is 0.265. The van der Waals surface area contributed by atoms with Crippen LogP contribution >= 0.6 is 0 Å². The largest absolute Gasteiger partial charge is 0.333 e. The fourth-order valence-corrected chi connectivity index (χ4v) is 3.41. The highest BCUT2D eigenvalue weighted by molar-refractivity contribution is 5.90. The van der Waals surface area contributed by atoms with Gasteiger partial charge in [-0.15, -0.1) is 0 Å². The van der Waals surface area contributed by atoms with Gasteiger partial charge in [-0.2, -0.15) is 0 Å². The number of anilines is 1. The van der Waals surface area contributed by atoms with Gasteiger partial charge in [-0.1, -0.05) is 32.8 Å². The molecule has 0 saturated carbocycles. The molecule has 1 amide bonds. The van der Waals surface area contributed by atoms with Crippen molar-refractivity contribution in [3.63, 3.8) is 0 Å². The number of rotatable bonds is 9. The van der Waals surface area contributed by atoms with Crippen molar-refractivity contribution in [2.24, 2.45) is 0 Å². The number of halogens is 1. The third-order valence-corrected chi connectivity index (χ3v) is 5.23. The molecule has 0 spiro atoms. The topological polar surface area (TPSA) is 90.9 Å². The lowest BCUT2D eigenvalue weighted by Crippen LogP contribution is -2.43. The summed E-state index contributed by atoms with van der Waals surface area (Å²) in [6.07, 6.45) is 4.98. The molecule has 31 heavy (non-hydrogen) atoms. The van der Waals surface area contributed by atoms with Crippen molar-refractivity contribution in [3.8, 4) is 0 Å². The molecule has 0 fully saturated rings. The highest BCUT2D eigenvalue weighted by atomic mass is 19.1. The Hall–Kier alpha value is -3.23. The van der Waals surface area contributed by atoms with E-state index in [0.717, 1.165) is 30.3 Å². The van der Waals surface area contributed by atoms with E-state index >= 15 is 0 Å². The summed E-state index contributed by atoms with van der Waals surface area (Å²) in [5, 5.41) is 2.56. The molecule has 1 aromatic carbocycles. The Morgan fingerprint density at radius 1 is 1.10 bits per heavy atom. The van der Waals surface area contributed by atoms with E-state index in [1.807, 2.05) is 13.8 Å². The maximum absolute atomic E-state index is 13.8. The molecule has 0 radical (unpaired) electrons. The number of imidazole rings is 1. The number of hydrogen-bond acceptors (Lipinski definition) is 4. The maximum atomic E-state index is 13.8. The van der Waals surface area contributed by atoms with Crippen molar-refractivity contribution >= 4 is 22.8 Å². The highest BCUT2D eigenvalue weighted by Gasteiger charge is 2.19. The van der Waals surface area contributed by atoms with Gasteiger partial charge < -0.3 is 9.88 Å². The van der Waals surface area contributed by atoms with Gasteiger partial charge in [0, 0.05) is 18.8 Å². The van der Waals surface area contributed by atoms with Crippen LogP contribution in [-0.2, 0) is 24.4 Å². The number of amides is 1. The van der Waals surface area contributed by atoms with E-state index in [0.29, 0.717) is 29.8 Å². The summed E-state index contributed by atoms with van der Waals surface area (Å²) >= 11 is 0. The number of nitrogens with zero attached hydrogens (tertiary/aromatic N) is 4. The number of unbranched alkanes of at least 4 members (excludes halogenated alkanes) is 2. The molecule has 0 unspecified atom stereocenters. The van der Waals surface area contributed by atoms with Gasteiger partial charge in [0.1, 0.15) is 12.4 Å². The van der Waals surface area contributed by atoms with Gasteiger partial charge in [-0.05, 0) is 37.5 Å². The van der Waals surface area contributed by atoms with Gasteiger partial charge >= 0.3 is 5.69 Å². The lowest BCUT2D eigenvalue weighted by Gasteiger charge is -2.13. The summed E-state index contributed by atoms with van der Waals surface area (Å²) < 4.78 is 17.9. The number of fused-ring (bicyclic) bond motifs is 1. The lowest BCUT2D eigenvalue weighted by atomic mass is 10.2. The van der Waals surface area contributed by atoms with E-state index in [4.69, 9.17) is 0 Å². The van der Waals surface area contributed by atoms with Gasteiger partial charge in [0.05, 0.1) is 6.33 Å². The van der Waals surface area contributed by atoms with E-state index in [-0.39, 0.29) is 5.69 Å². The fourth-order valence-electron chi connectivity index (χ4n) is 3.41. The minimum Gasteiger partial charge on any atom is -0.325 e. The Kier molecular flexibility index (Phi) is 7.04. The SMILES string of the molecule is CCCCn1cnc2c1c(=O)n(CC(=O)Nc1ccc(C)c(F)c1)c(=O)n2CCCC. The molecule has 0 bridgehead atoms. The summed E-state index contributed by atoms with van der Waals surface area (Å²) in [5.41, 5.74) is 0.263. The van der Waals surface area contributed by atoms with Crippen LogP contribution in [0.4, 0.5) is 10.1 Å². The zero-order valence-corrected chi connectivity index (χ0v) is 18.2. The van der Waals surface area contributed by atoms with Gasteiger partial charge in [-0.25, -0.2) is 18.7 Å². The Bertz CT molecular complexity index is 1210. The van der Waals surface area contributed by atoms with Crippen molar-refractivity contribution in [1.29, 1.82) is 0 Å². The molecule has 0 aliphatic rings. The molecular formula is C22H28FN5O3. The minimum atomic E-state index is -0.580. The first-order valence-electron chi connectivity index (χ1n) is 10.6. The first kappa shape index (κ1) is 22.5. The second-order valence-electron chi connectivity index (χ2n) is 7.65. The average molecular weight is 429 g/mol. The van der Waals surface area contributed by atoms with Crippen molar-refractivity contribution < 1.29 is 9.18 Å². The van der Waals surface area contributed by atoms with Crippen molar-refractivity contribution in [2.75, 3.05) is 5.32 Å². The molecule has 0 aliphatic heterocycles. The number of aryl methyl sites for hydroxylation is 3. The summed E-state index contributed by atoms with van der Waals surface area (Å²) in [4.78, 5) is 43.1. The smallest absolute Gasteiger partial charge is 0.325 e. The van der Waals surface area contributed by atoms with Crippen LogP contribution in [0.1, 0.15) is 45.1 Å². The van der Waals surface area contributed by atoms with E-state index in [9.17, 15) is 18.8 Å². The summed E-state index contributed by atoms with van der Waals surface area (Å²) in [7, 11) is 0. The van der Waals surface area contributed by atoms with Gasteiger partial charge in [-0.3, -0.25) is 14.2 Å². The van der Waals surface area contributed by atoms with Gasteiger partial charge in [0.15, 0.2) is 11.2 Å². The summed E-state index contributed by atoms with van der Waals surface area (Å²) in [6, 6.07) is 4.33. The first-order valence-corrected chi connectivity index (χ1v) is 10.6. The lowest BCUT2D eigenvalue weighted by molar-refractivity contribution is -0.116. The number of carbonyl (C=O) groups is 1. The first-order chi connectivity index (χ1) is 14.9. The average Bonchev–Trinajstić information content (AvgIpc) is 3.16. The predicted octanol–water partition coefficient (Wildman–Crippen LogP) is 3.05. The number of nitrogens with one attached hydrogen (secondary N) is 1. The van der Waals surface area contributed by atoms with E-state index in [1.54, 1.807) is 30.0 Å². The Morgan fingerprint density at radius 2 is 1.81 bits per heavy atom. The third-order valence-electron chi connectivity index (χ3n) is 5.23. The van der Waals surface area contributed by atoms with Crippen LogP contribution in [0.2, 0.25) is 0 Å². The second kappa shape index (κ2) is 9.72. The Labute approximate surface area is 179 Å². The number of hydrogen-bond donors (Lipinski definition) is 1. The highest BCUT2D eigenvalue weighted by Crippen LogP contribution is 2.14. The molecule has 166 valence electrons. The predicted molar refractivity (Wildman–Crippen MR) is 118 cm³/mol. The van der Waals surface area contributed by atoms with Crippen LogP contribution in [0.25, 0.3) is 11.2 Å². The zero-order valence-electron chi connectivity index (χ0n) is 18.2. The Balaban J connectivity index is 2.01. The number of carbonyl (C=O) groups excluding carboxylic acids is 1. The third kappa shape index (κ3) is 4.76.